The Bertz CT molecular complexity index is 873. The molecule has 1 aliphatic carbocycles. The Morgan fingerprint density at radius 3 is 2.85 bits per heavy atom. The third-order valence-corrected chi connectivity index (χ3v) is 6.09. The Hall–Kier alpha value is -2.27. The number of nitriles is 1. The van der Waals surface area contributed by atoms with E-state index >= 15 is 0 Å². The third kappa shape index (κ3) is 3.36. The SMILES string of the molecule is CC(C)(C)C1CCc2c(sc(NC(=O)c3ccnn3C(F)F)c2C#N)C1. The monoisotopic (exact) mass is 378 g/mol. The summed E-state index contributed by atoms with van der Waals surface area (Å²) < 4.78 is 26.2. The second-order valence-corrected chi connectivity index (χ2v) is 8.62. The number of amides is 1. The van der Waals surface area contributed by atoms with E-state index in [1.807, 2.05) is 0 Å². The van der Waals surface area contributed by atoms with Gasteiger partial charge in [0.25, 0.3) is 5.91 Å². The minimum atomic E-state index is -2.90. The average Bonchev–Trinajstić information content (AvgIpc) is 3.17. The molecule has 1 atom stereocenters. The van der Waals surface area contributed by atoms with Gasteiger partial charge >= 0.3 is 6.55 Å². The molecular formula is C18H20F2N4OS. The van der Waals surface area contributed by atoms with Crippen LogP contribution >= 0.6 is 11.3 Å². The van der Waals surface area contributed by atoms with Gasteiger partial charge in [0.1, 0.15) is 16.8 Å². The molecule has 1 unspecified atom stereocenters. The van der Waals surface area contributed by atoms with Gasteiger partial charge in [0.15, 0.2) is 0 Å². The first-order chi connectivity index (χ1) is 12.2. The van der Waals surface area contributed by atoms with Crippen LogP contribution in [0.3, 0.4) is 0 Å². The average molecular weight is 378 g/mol. The summed E-state index contributed by atoms with van der Waals surface area (Å²) >= 11 is 1.37. The molecule has 5 nitrogen and oxygen atoms in total. The van der Waals surface area contributed by atoms with Crippen molar-refractivity contribution in [1.82, 2.24) is 9.78 Å². The molecule has 26 heavy (non-hydrogen) atoms. The molecule has 1 amide bonds. The molecule has 0 aromatic carbocycles. The lowest BCUT2D eigenvalue weighted by Gasteiger charge is -2.33. The van der Waals surface area contributed by atoms with Gasteiger partial charge in [-0.2, -0.15) is 23.8 Å². The van der Waals surface area contributed by atoms with Crippen molar-refractivity contribution in [3.05, 3.63) is 34.0 Å². The predicted molar refractivity (Wildman–Crippen MR) is 95.4 cm³/mol. The summed E-state index contributed by atoms with van der Waals surface area (Å²) in [4.78, 5) is 13.5. The van der Waals surface area contributed by atoms with Crippen LogP contribution in [0.5, 0.6) is 0 Å². The number of anilines is 1. The third-order valence-electron chi connectivity index (χ3n) is 4.92. The fraction of sp³-hybridized carbons (Fsp3) is 0.500. The Morgan fingerprint density at radius 1 is 1.50 bits per heavy atom. The van der Waals surface area contributed by atoms with E-state index in [-0.39, 0.29) is 11.1 Å². The van der Waals surface area contributed by atoms with Crippen LogP contribution in [0.1, 0.15) is 60.2 Å². The van der Waals surface area contributed by atoms with Crippen molar-refractivity contribution in [2.24, 2.45) is 11.3 Å². The molecule has 1 aliphatic rings. The number of fused-ring (bicyclic) bond motifs is 1. The van der Waals surface area contributed by atoms with Gasteiger partial charge in [0, 0.05) is 11.1 Å². The molecule has 0 aliphatic heterocycles. The van der Waals surface area contributed by atoms with Gasteiger partial charge in [-0.25, -0.2) is 0 Å². The van der Waals surface area contributed by atoms with E-state index < -0.39 is 12.5 Å². The molecule has 0 saturated heterocycles. The lowest BCUT2D eigenvalue weighted by Crippen LogP contribution is -2.26. The van der Waals surface area contributed by atoms with Gasteiger partial charge in [0.2, 0.25) is 0 Å². The molecular weight excluding hydrogens is 358 g/mol. The zero-order valence-corrected chi connectivity index (χ0v) is 15.7. The minimum Gasteiger partial charge on any atom is -0.311 e. The highest BCUT2D eigenvalue weighted by molar-refractivity contribution is 7.16. The van der Waals surface area contributed by atoms with E-state index in [1.165, 1.54) is 17.4 Å². The van der Waals surface area contributed by atoms with Crippen LogP contribution in [0.2, 0.25) is 0 Å². The number of nitrogens with one attached hydrogen (secondary N) is 1. The lowest BCUT2D eigenvalue weighted by atomic mass is 9.72. The minimum absolute atomic E-state index is 0.168. The van der Waals surface area contributed by atoms with Crippen molar-refractivity contribution in [3.8, 4) is 6.07 Å². The Balaban J connectivity index is 1.88. The van der Waals surface area contributed by atoms with Crippen LogP contribution in [0, 0.1) is 22.7 Å². The topological polar surface area (TPSA) is 70.7 Å². The smallest absolute Gasteiger partial charge is 0.311 e. The number of rotatable bonds is 3. The van der Waals surface area contributed by atoms with Crippen molar-refractivity contribution in [3.63, 3.8) is 0 Å². The first kappa shape index (κ1) is 18.5. The van der Waals surface area contributed by atoms with Crippen LogP contribution in [0.15, 0.2) is 12.3 Å². The number of alkyl halides is 2. The standard InChI is InChI=1S/C18H20F2N4OS/c1-18(2,3)10-4-5-11-12(9-21)16(26-14(11)8-10)23-15(25)13-6-7-22-24(13)17(19)20/h6-7,10,17H,4-5,8H2,1-3H3,(H,23,25). The van der Waals surface area contributed by atoms with Crippen LogP contribution < -0.4 is 5.32 Å². The van der Waals surface area contributed by atoms with Gasteiger partial charge in [0.05, 0.1) is 5.56 Å². The van der Waals surface area contributed by atoms with Crippen molar-refractivity contribution in [2.75, 3.05) is 5.32 Å². The first-order valence-electron chi connectivity index (χ1n) is 8.40. The van der Waals surface area contributed by atoms with E-state index in [0.717, 1.165) is 35.9 Å². The second kappa shape index (κ2) is 6.80. The molecule has 2 aromatic heterocycles. The molecule has 0 fully saturated rings. The Labute approximate surface area is 154 Å². The number of thiophene rings is 1. The number of hydrogen-bond acceptors (Lipinski definition) is 4. The van der Waals surface area contributed by atoms with E-state index in [0.29, 0.717) is 21.2 Å². The summed E-state index contributed by atoms with van der Waals surface area (Å²) in [6.45, 7) is 3.71. The molecule has 2 heterocycles. The van der Waals surface area contributed by atoms with E-state index in [9.17, 15) is 18.8 Å². The van der Waals surface area contributed by atoms with Gasteiger partial charge in [-0.3, -0.25) is 4.79 Å². The number of aromatic nitrogens is 2. The zero-order valence-electron chi connectivity index (χ0n) is 14.8. The molecule has 0 saturated carbocycles. The van der Waals surface area contributed by atoms with Crippen molar-refractivity contribution in [2.45, 2.75) is 46.6 Å². The van der Waals surface area contributed by atoms with Crippen LogP contribution in [0.25, 0.3) is 0 Å². The van der Waals surface area contributed by atoms with Crippen molar-refractivity contribution >= 4 is 22.2 Å². The molecule has 1 N–H and O–H groups in total. The fourth-order valence-corrected chi connectivity index (χ4v) is 4.62. The molecule has 3 rings (SSSR count). The fourth-order valence-electron chi connectivity index (χ4n) is 3.35. The highest BCUT2D eigenvalue weighted by atomic mass is 32.1. The normalized spacial score (nSPS) is 17.0. The summed E-state index contributed by atoms with van der Waals surface area (Å²) in [5, 5.41) is 16.1. The number of carbonyl (C=O) groups is 1. The molecule has 0 bridgehead atoms. The summed E-state index contributed by atoms with van der Waals surface area (Å²) in [7, 11) is 0. The molecule has 2 aromatic rings. The maximum Gasteiger partial charge on any atom is 0.333 e. The van der Waals surface area contributed by atoms with Gasteiger partial charge in [-0.05, 0) is 42.2 Å². The van der Waals surface area contributed by atoms with Gasteiger partial charge in [-0.1, -0.05) is 20.8 Å². The number of carbonyl (C=O) groups excluding carboxylic acids is 1. The number of hydrogen-bond donors (Lipinski definition) is 1. The first-order valence-corrected chi connectivity index (χ1v) is 9.21. The molecule has 0 radical (unpaired) electrons. The van der Waals surface area contributed by atoms with E-state index in [2.05, 4.69) is 37.3 Å². The van der Waals surface area contributed by atoms with Gasteiger partial charge < -0.3 is 5.32 Å². The highest BCUT2D eigenvalue weighted by Gasteiger charge is 2.32. The number of nitrogens with zero attached hydrogens (tertiary/aromatic N) is 3. The lowest BCUT2D eigenvalue weighted by molar-refractivity contribution is 0.0520. The van der Waals surface area contributed by atoms with E-state index in [1.54, 1.807) is 0 Å². The summed E-state index contributed by atoms with van der Waals surface area (Å²) in [6, 6.07) is 3.40. The Morgan fingerprint density at radius 2 is 2.23 bits per heavy atom. The maximum absolute atomic E-state index is 12.9. The zero-order chi connectivity index (χ0) is 19.1. The summed E-state index contributed by atoms with van der Waals surface area (Å²) in [5.74, 6) is -0.186. The van der Waals surface area contributed by atoms with Crippen LogP contribution in [-0.2, 0) is 12.8 Å². The largest absolute Gasteiger partial charge is 0.333 e. The molecule has 8 heteroatoms. The van der Waals surface area contributed by atoms with Crippen molar-refractivity contribution in [1.29, 1.82) is 5.26 Å². The summed E-state index contributed by atoms with van der Waals surface area (Å²) in [5.41, 5.74) is 1.37. The molecule has 138 valence electrons. The Kier molecular flexibility index (Phi) is 4.84. The van der Waals surface area contributed by atoms with Crippen molar-refractivity contribution < 1.29 is 13.6 Å². The van der Waals surface area contributed by atoms with Crippen LogP contribution in [-0.4, -0.2) is 15.7 Å². The summed E-state index contributed by atoms with van der Waals surface area (Å²) in [6.07, 6.45) is 3.80. The maximum atomic E-state index is 12.9. The van der Waals surface area contributed by atoms with E-state index in [4.69, 9.17) is 0 Å². The van der Waals surface area contributed by atoms with Crippen LogP contribution in [0.4, 0.5) is 13.8 Å². The van der Waals surface area contributed by atoms with Gasteiger partial charge in [-0.15, -0.1) is 11.3 Å². The quantitative estimate of drug-likeness (QED) is 0.847. The highest BCUT2D eigenvalue weighted by Crippen LogP contribution is 2.44. The predicted octanol–water partition coefficient (Wildman–Crippen LogP) is 4.61. The number of halogens is 2. The molecule has 0 spiro atoms. The second-order valence-electron chi connectivity index (χ2n) is 7.52.